The van der Waals surface area contributed by atoms with Gasteiger partial charge in [-0.25, -0.2) is 0 Å². The van der Waals surface area contributed by atoms with E-state index in [4.69, 9.17) is 9.84 Å². The van der Waals surface area contributed by atoms with Gasteiger partial charge in [-0.15, -0.1) is 0 Å². The minimum Gasteiger partial charge on any atom is -0.394 e. The van der Waals surface area contributed by atoms with Crippen molar-refractivity contribution in [2.75, 3.05) is 6.61 Å². The first kappa shape index (κ1) is 13.1. The van der Waals surface area contributed by atoms with Gasteiger partial charge in [-0.1, -0.05) is 0 Å². The Kier molecular flexibility index (Phi) is 3.46. The molecule has 2 heterocycles. The fraction of sp³-hybridized carbons (Fsp3) is 0.600. The highest BCUT2D eigenvalue weighted by Crippen LogP contribution is 2.27. The van der Waals surface area contributed by atoms with E-state index in [0.29, 0.717) is 0 Å². The zero-order chi connectivity index (χ0) is 13.4. The highest BCUT2D eigenvalue weighted by Gasteiger charge is 2.47. The first-order chi connectivity index (χ1) is 8.45. The second-order valence-corrected chi connectivity index (χ2v) is 4.17. The molecule has 2 rings (SSSR count). The maximum Gasteiger partial charge on any atom is 0.256 e. The zero-order valence-electron chi connectivity index (χ0n) is 9.18. The summed E-state index contributed by atoms with van der Waals surface area (Å²) >= 11 is 0. The van der Waals surface area contributed by atoms with Gasteiger partial charge in [0.15, 0.2) is 0 Å². The van der Waals surface area contributed by atoms with Crippen molar-refractivity contribution in [2.24, 2.45) is 0 Å². The molecule has 2 aliphatic rings. The Morgan fingerprint density at radius 1 is 1.17 bits per heavy atom. The summed E-state index contributed by atoms with van der Waals surface area (Å²) in [5.41, 5.74) is -0.142. The lowest BCUT2D eigenvalue weighted by atomic mass is 9.91. The van der Waals surface area contributed by atoms with Gasteiger partial charge < -0.3 is 25.2 Å². The number of carbonyl (C=O) groups excluding carboxylic acids is 2. The normalized spacial score (nSPS) is 40.7. The van der Waals surface area contributed by atoms with Gasteiger partial charge in [-0.2, -0.15) is 0 Å². The maximum atomic E-state index is 11.4. The molecule has 5 N–H and O–H groups in total. The number of nitrogens with one attached hydrogen (secondary N) is 1. The molecule has 0 unspecified atom stereocenters. The molecule has 0 aromatic heterocycles. The van der Waals surface area contributed by atoms with Gasteiger partial charge in [0.05, 0.1) is 12.2 Å². The molecule has 0 aliphatic carbocycles. The number of imide groups is 1. The van der Waals surface area contributed by atoms with Crippen LogP contribution in [0.4, 0.5) is 0 Å². The first-order valence-corrected chi connectivity index (χ1v) is 5.33. The summed E-state index contributed by atoms with van der Waals surface area (Å²) in [7, 11) is 0. The minimum absolute atomic E-state index is 0.142. The van der Waals surface area contributed by atoms with Gasteiger partial charge in [0.25, 0.3) is 11.8 Å². The van der Waals surface area contributed by atoms with Crippen LogP contribution in [0, 0.1) is 0 Å². The van der Waals surface area contributed by atoms with Gasteiger partial charge in [0.2, 0.25) is 0 Å². The fourth-order valence-electron chi connectivity index (χ4n) is 2.00. The molecular formula is C10H13NO7. The van der Waals surface area contributed by atoms with Crippen LogP contribution in [0.25, 0.3) is 0 Å². The van der Waals surface area contributed by atoms with Crippen LogP contribution in [0.5, 0.6) is 0 Å². The van der Waals surface area contributed by atoms with E-state index in [1.54, 1.807) is 0 Å². The smallest absolute Gasteiger partial charge is 0.256 e. The van der Waals surface area contributed by atoms with Crippen molar-refractivity contribution in [1.82, 2.24) is 5.32 Å². The third kappa shape index (κ3) is 2.04. The van der Waals surface area contributed by atoms with E-state index in [9.17, 15) is 24.9 Å². The van der Waals surface area contributed by atoms with Crippen molar-refractivity contribution in [1.29, 1.82) is 0 Å². The molecule has 100 valence electrons. The average Bonchev–Trinajstić information content (AvgIpc) is 2.66. The van der Waals surface area contributed by atoms with Gasteiger partial charge in [-0.3, -0.25) is 14.9 Å². The second-order valence-electron chi connectivity index (χ2n) is 4.17. The van der Waals surface area contributed by atoms with E-state index in [1.165, 1.54) is 0 Å². The van der Waals surface area contributed by atoms with Crippen molar-refractivity contribution >= 4 is 11.8 Å². The summed E-state index contributed by atoms with van der Waals surface area (Å²) in [5, 5.41) is 39.8. The Morgan fingerprint density at radius 3 is 2.33 bits per heavy atom. The standard InChI is InChI=1S/C10H13NO7/c12-2-4-6(14)7(15)8(16)9(18-4)3-1-5(13)11-10(3)17/h1,4,6-9,12,14-16H,2H2,(H,11,13,17)/t4-,6-,7+,8-,9+/m1/s1. The summed E-state index contributed by atoms with van der Waals surface area (Å²) in [6.45, 7) is -0.593. The monoisotopic (exact) mass is 259 g/mol. The van der Waals surface area contributed by atoms with Crippen molar-refractivity contribution in [2.45, 2.75) is 30.5 Å². The summed E-state index contributed by atoms with van der Waals surface area (Å²) in [4.78, 5) is 22.4. The highest BCUT2D eigenvalue weighted by atomic mass is 16.5. The number of hydrogen-bond donors (Lipinski definition) is 5. The topological polar surface area (TPSA) is 136 Å². The number of aliphatic hydroxyl groups is 4. The predicted octanol–water partition coefficient (Wildman–Crippen LogP) is -3.59. The number of hydrogen-bond acceptors (Lipinski definition) is 7. The average molecular weight is 259 g/mol. The van der Waals surface area contributed by atoms with Gasteiger partial charge in [0.1, 0.15) is 30.5 Å². The molecule has 2 amide bonds. The van der Waals surface area contributed by atoms with E-state index >= 15 is 0 Å². The number of ether oxygens (including phenoxy) is 1. The SMILES string of the molecule is O=C1C=C([C@@H]2O[C@H](CO)[C@@H](O)[C@H](O)[C@H]2O)C(=O)N1. The molecule has 0 radical (unpaired) electrons. The van der Waals surface area contributed by atoms with Crippen LogP contribution < -0.4 is 5.32 Å². The Morgan fingerprint density at radius 2 is 1.83 bits per heavy atom. The van der Waals surface area contributed by atoms with Crippen LogP contribution in [-0.4, -0.2) is 69.4 Å². The Hall–Kier alpha value is -1.32. The molecule has 8 nitrogen and oxygen atoms in total. The molecule has 8 heteroatoms. The number of rotatable bonds is 2. The zero-order valence-corrected chi connectivity index (χ0v) is 9.18. The third-order valence-corrected chi connectivity index (χ3v) is 2.98. The van der Waals surface area contributed by atoms with E-state index in [0.717, 1.165) is 6.08 Å². The molecule has 0 bridgehead atoms. The molecule has 0 aromatic carbocycles. The highest BCUT2D eigenvalue weighted by molar-refractivity contribution is 6.16. The fourth-order valence-corrected chi connectivity index (χ4v) is 2.00. The molecule has 0 aromatic rings. The van der Waals surface area contributed by atoms with E-state index < -0.39 is 48.9 Å². The summed E-state index contributed by atoms with van der Waals surface area (Å²) in [6.07, 6.45) is -6.07. The lowest BCUT2D eigenvalue weighted by Crippen LogP contribution is -2.59. The van der Waals surface area contributed by atoms with E-state index in [1.807, 2.05) is 5.32 Å². The lowest BCUT2D eigenvalue weighted by Gasteiger charge is -2.40. The van der Waals surface area contributed by atoms with Crippen LogP contribution >= 0.6 is 0 Å². The van der Waals surface area contributed by atoms with Crippen LogP contribution in [0.15, 0.2) is 11.6 Å². The largest absolute Gasteiger partial charge is 0.394 e. The van der Waals surface area contributed by atoms with Crippen LogP contribution in [0.2, 0.25) is 0 Å². The van der Waals surface area contributed by atoms with E-state index in [2.05, 4.69) is 0 Å². The van der Waals surface area contributed by atoms with Crippen LogP contribution in [0.3, 0.4) is 0 Å². The third-order valence-electron chi connectivity index (χ3n) is 2.98. The summed E-state index contributed by atoms with van der Waals surface area (Å²) in [6, 6.07) is 0. The molecule has 2 aliphatic heterocycles. The predicted molar refractivity (Wildman–Crippen MR) is 55.0 cm³/mol. The van der Waals surface area contributed by atoms with Crippen LogP contribution in [0.1, 0.15) is 0 Å². The summed E-state index contributed by atoms with van der Waals surface area (Å²) < 4.78 is 5.14. The van der Waals surface area contributed by atoms with Crippen molar-refractivity contribution < 1.29 is 34.8 Å². The van der Waals surface area contributed by atoms with Crippen LogP contribution in [-0.2, 0) is 14.3 Å². The van der Waals surface area contributed by atoms with Gasteiger partial charge in [0, 0.05) is 6.08 Å². The maximum absolute atomic E-state index is 11.4. The first-order valence-electron chi connectivity index (χ1n) is 5.33. The molecule has 5 atom stereocenters. The summed E-state index contributed by atoms with van der Waals surface area (Å²) in [5.74, 6) is -1.38. The molecule has 0 spiro atoms. The lowest BCUT2D eigenvalue weighted by molar-refractivity contribution is -0.219. The quantitative estimate of drug-likeness (QED) is 0.323. The van der Waals surface area contributed by atoms with Crippen molar-refractivity contribution in [3.05, 3.63) is 11.6 Å². The van der Waals surface area contributed by atoms with Gasteiger partial charge >= 0.3 is 0 Å². The van der Waals surface area contributed by atoms with E-state index in [-0.39, 0.29) is 5.57 Å². The number of aliphatic hydroxyl groups excluding tert-OH is 4. The molecule has 18 heavy (non-hydrogen) atoms. The van der Waals surface area contributed by atoms with Crippen molar-refractivity contribution in [3.63, 3.8) is 0 Å². The molecular weight excluding hydrogens is 246 g/mol. The number of carbonyl (C=O) groups is 2. The molecule has 0 saturated carbocycles. The second kappa shape index (κ2) is 4.75. The Balaban J connectivity index is 2.25. The Labute approximate surface area is 101 Å². The van der Waals surface area contributed by atoms with Crippen molar-refractivity contribution in [3.8, 4) is 0 Å². The Bertz CT molecular complexity index is 405. The number of amides is 2. The van der Waals surface area contributed by atoms with Gasteiger partial charge in [-0.05, 0) is 0 Å². The minimum atomic E-state index is -1.58. The molecule has 1 saturated heterocycles. The molecule has 1 fully saturated rings.